The van der Waals surface area contributed by atoms with Gasteiger partial charge in [0.05, 0.1) is 5.41 Å². The minimum Gasteiger partial charge on any atom is -0.456 e. The summed E-state index contributed by atoms with van der Waals surface area (Å²) < 4.78 is 17.1. The van der Waals surface area contributed by atoms with Gasteiger partial charge in [0.25, 0.3) is 0 Å². The quantitative estimate of drug-likeness (QED) is 0.789. The predicted octanol–water partition coefficient (Wildman–Crippen LogP) is 2.96. The van der Waals surface area contributed by atoms with E-state index in [0.717, 1.165) is 11.1 Å². The Morgan fingerprint density at radius 1 is 1.20 bits per heavy atom. The number of ether oxygens (including phenoxy) is 3. The normalized spacial score (nSPS) is 37.7. The summed E-state index contributed by atoms with van der Waals surface area (Å²) in [6, 6.07) is 7.96. The van der Waals surface area contributed by atoms with E-state index < -0.39 is 28.5 Å². The van der Waals surface area contributed by atoms with Crippen LogP contribution in [0.2, 0.25) is 0 Å². The largest absolute Gasteiger partial charge is 0.456 e. The molecule has 2 bridgehead atoms. The van der Waals surface area contributed by atoms with Crippen LogP contribution in [0, 0.1) is 10.8 Å². The lowest BCUT2D eigenvalue weighted by molar-refractivity contribution is -0.191. The zero-order valence-corrected chi connectivity index (χ0v) is 15.1. The first-order valence-electron chi connectivity index (χ1n) is 8.82. The number of esters is 2. The molecule has 2 aliphatic carbocycles. The molecule has 4 atom stereocenters. The van der Waals surface area contributed by atoms with Gasteiger partial charge < -0.3 is 14.2 Å². The molecule has 1 heterocycles. The Balaban J connectivity index is 1.61. The lowest BCUT2D eigenvalue weighted by atomic mass is 9.66. The Labute approximate surface area is 147 Å². The molecule has 1 aliphatic heterocycles. The van der Waals surface area contributed by atoms with Gasteiger partial charge in [0.2, 0.25) is 5.60 Å². The maximum atomic E-state index is 13.1. The molecule has 0 N–H and O–H groups in total. The molecule has 3 aliphatic rings. The van der Waals surface area contributed by atoms with Crippen LogP contribution >= 0.6 is 0 Å². The second kappa shape index (κ2) is 5.07. The van der Waals surface area contributed by atoms with Crippen molar-refractivity contribution < 1.29 is 23.8 Å². The van der Waals surface area contributed by atoms with Crippen molar-refractivity contribution in [2.45, 2.75) is 57.8 Å². The highest BCUT2D eigenvalue weighted by molar-refractivity contribution is 5.93. The number of benzene rings is 1. The molecule has 1 saturated heterocycles. The first-order valence-corrected chi connectivity index (χ1v) is 8.82. The van der Waals surface area contributed by atoms with Crippen molar-refractivity contribution in [1.82, 2.24) is 0 Å². The molecule has 5 nitrogen and oxygen atoms in total. The summed E-state index contributed by atoms with van der Waals surface area (Å²) >= 11 is 0. The smallest absolute Gasteiger partial charge is 0.351 e. The Kier molecular flexibility index (Phi) is 3.36. The van der Waals surface area contributed by atoms with E-state index in [-0.39, 0.29) is 12.1 Å². The van der Waals surface area contributed by atoms with Crippen molar-refractivity contribution in [3.05, 3.63) is 35.4 Å². The van der Waals surface area contributed by atoms with Crippen LogP contribution in [0.1, 0.15) is 50.8 Å². The van der Waals surface area contributed by atoms with Crippen LogP contribution in [0.15, 0.2) is 24.3 Å². The third kappa shape index (κ3) is 1.87. The molecule has 4 rings (SSSR count). The molecule has 134 valence electrons. The van der Waals surface area contributed by atoms with E-state index in [1.165, 1.54) is 0 Å². The summed E-state index contributed by atoms with van der Waals surface area (Å²) in [4.78, 5) is 25.5. The third-order valence-electron chi connectivity index (χ3n) is 7.05. The summed E-state index contributed by atoms with van der Waals surface area (Å²) in [5.74, 6) is -0.731. The van der Waals surface area contributed by atoms with Crippen LogP contribution in [0.5, 0.6) is 0 Å². The van der Waals surface area contributed by atoms with Gasteiger partial charge in [0.1, 0.15) is 12.2 Å². The van der Waals surface area contributed by atoms with E-state index in [2.05, 4.69) is 0 Å². The van der Waals surface area contributed by atoms with Crippen LogP contribution < -0.4 is 0 Å². The average Bonchev–Trinajstić information content (AvgIpc) is 3.08. The van der Waals surface area contributed by atoms with Gasteiger partial charge in [0, 0.05) is 18.9 Å². The van der Waals surface area contributed by atoms with E-state index >= 15 is 0 Å². The minimum absolute atomic E-state index is 0.287. The molecule has 0 amide bonds. The zero-order chi connectivity index (χ0) is 18.0. The van der Waals surface area contributed by atoms with Crippen LogP contribution in [0.3, 0.4) is 0 Å². The van der Waals surface area contributed by atoms with Crippen LogP contribution in [0.4, 0.5) is 0 Å². The van der Waals surface area contributed by atoms with Gasteiger partial charge in [-0.3, -0.25) is 4.79 Å². The Bertz CT molecular complexity index is 754. The fourth-order valence-electron chi connectivity index (χ4n) is 4.84. The zero-order valence-electron chi connectivity index (χ0n) is 15.1. The van der Waals surface area contributed by atoms with Crippen molar-refractivity contribution in [3.8, 4) is 0 Å². The minimum atomic E-state index is -1.19. The highest BCUT2D eigenvalue weighted by Gasteiger charge is 2.76. The lowest BCUT2D eigenvalue weighted by Crippen LogP contribution is -2.50. The van der Waals surface area contributed by atoms with Crippen molar-refractivity contribution in [1.29, 1.82) is 0 Å². The molecule has 5 heteroatoms. The maximum absolute atomic E-state index is 13.1. The Morgan fingerprint density at radius 2 is 1.92 bits per heavy atom. The van der Waals surface area contributed by atoms with E-state index in [1.54, 1.807) is 7.11 Å². The molecule has 1 saturated carbocycles. The maximum Gasteiger partial charge on any atom is 0.351 e. The Morgan fingerprint density at radius 3 is 2.52 bits per heavy atom. The second-order valence-electron chi connectivity index (χ2n) is 8.18. The highest BCUT2D eigenvalue weighted by Crippen LogP contribution is 2.66. The van der Waals surface area contributed by atoms with E-state index in [9.17, 15) is 9.59 Å². The Hall–Kier alpha value is -1.88. The van der Waals surface area contributed by atoms with Gasteiger partial charge in [0.15, 0.2) is 0 Å². The number of hydrogen-bond donors (Lipinski definition) is 0. The number of rotatable bonds is 3. The van der Waals surface area contributed by atoms with Crippen molar-refractivity contribution >= 4 is 11.9 Å². The summed E-state index contributed by atoms with van der Waals surface area (Å²) in [6.45, 7) is 5.76. The highest BCUT2D eigenvalue weighted by atomic mass is 16.6. The molecule has 0 aromatic heterocycles. The van der Waals surface area contributed by atoms with E-state index in [4.69, 9.17) is 14.2 Å². The summed E-state index contributed by atoms with van der Waals surface area (Å²) in [6.07, 6.45) is 1.09. The molecule has 25 heavy (non-hydrogen) atoms. The number of hydrogen-bond acceptors (Lipinski definition) is 5. The summed E-state index contributed by atoms with van der Waals surface area (Å²) in [7, 11) is 1.62. The fraction of sp³-hybridized carbons (Fsp3) is 0.600. The number of fused-ring (bicyclic) bond motifs is 3. The van der Waals surface area contributed by atoms with Gasteiger partial charge in [-0.05, 0) is 30.9 Å². The number of carbonyl (C=O) groups is 2. The van der Waals surface area contributed by atoms with Gasteiger partial charge in [-0.25, -0.2) is 4.79 Å². The first kappa shape index (κ1) is 16.6. The molecule has 2 fully saturated rings. The summed E-state index contributed by atoms with van der Waals surface area (Å²) in [5.41, 5.74) is -0.234. The number of carbonyl (C=O) groups excluding carboxylic acids is 2. The number of methoxy groups -OCH3 is 1. The van der Waals surface area contributed by atoms with Gasteiger partial charge in [-0.2, -0.15) is 0 Å². The van der Waals surface area contributed by atoms with Crippen molar-refractivity contribution in [3.63, 3.8) is 0 Å². The second-order valence-corrected chi connectivity index (χ2v) is 8.18. The predicted molar refractivity (Wildman–Crippen MR) is 89.7 cm³/mol. The average molecular weight is 344 g/mol. The van der Waals surface area contributed by atoms with E-state index in [0.29, 0.717) is 19.3 Å². The van der Waals surface area contributed by atoms with Crippen molar-refractivity contribution in [2.75, 3.05) is 7.11 Å². The molecule has 0 radical (unpaired) electrons. The summed E-state index contributed by atoms with van der Waals surface area (Å²) in [5, 5.41) is 0. The van der Waals surface area contributed by atoms with Gasteiger partial charge in [-0.15, -0.1) is 0 Å². The van der Waals surface area contributed by atoms with E-state index in [1.807, 2.05) is 45.0 Å². The van der Waals surface area contributed by atoms with Gasteiger partial charge in [-0.1, -0.05) is 38.1 Å². The van der Waals surface area contributed by atoms with Crippen LogP contribution in [0.25, 0.3) is 0 Å². The molecular formula is C20H24O5. The lowest BCUT2D eigenvalue weighted by Gasteiger charge is -2.35. The monoisotopic (exact) mass is 344 g/mol. The molecule has 1 aromatic carbocycles. The van der Waals surface area contributed by atoms with Crippen LogP contribution in [-0.4, -0.2) is 30.8 Å². The topological polar surface area (TPSA) is 61.8 Å². The van der Waals surface area contributed by atoms with Gasteiger partial charge >= 0.3 is 11.9 Å². The van der Waals surface area contributed by atoms with Crippen molar-refractivity contribution in [2.24, 2.45) is 10.8 Å². The first-order chi connectivity index (χ1) is 11.8. The molecular weight excluding hydrogens is 320 g/mol. The molecule has 4 unspecified atom stereocenters. The third-order valence-corrected chi connectivity index (χ3v) is 7.05. The molecule has 1 aromatic rings. The standard InChI is InChI=1S/C20H24O5/c1-18(2)19(3)9-10-20(18,25-16(19)21)17(22)24-14-11-12-7-5-6-8-13(12)15(14)23-4/h5-8,14-15H,9-11H2,1-4H3. The molecule has 0 spiro atoms. The van der Waals surface area contributed by atoms with Crippen LogP contribution in [-0.2, 0) is 30.2 Å². The fourth-order valence-corrected chi connectivity index (χ4v) is 4.84. The SMILES string of the molecule is COC1c2ccccc2CC1OC(=O)C12CCC(C)(C(=O)O1)C2(C)C.